The number of halogens is 1. The highest BCUT2D eigenvalue weighted by molar-refractivity contribution is 7.09. The molecule has 0 amide bonds. The summed E-state index contributed by atoms with van der Waals surface area (Å²) in [5, 5.41) is 13.0. The molecule has 0 N–H and O–H groups in total. The topological polar surface area (TPSA) is 91.6 Å². The molecule has 0 atom stereocenters. The Kier molecular flexibility index (Phi) is 5.72. The molecule has 1 heterocycles. The summed E-state index contributed by atoms with van der Waals surface area (Å²) in [4.78, 5) is 26.7. The van der Waals surface area contributed by atoms with Gasteiger partial charge in [0.15, 0.2) is 5.69 Å². The standard InChI is InChI=1S/C18H13FN2O5S/c19-13-5-7-14(8-6-13)25-10-17-20-15(11-27-17)18(22)26-9-12-3-1-2-4-16(12)21(23)24/h1-8,11H,9-10H2. The van der Waals surface area contributed by atoms with E-state index in [2.05, 4.69) is 4.98 Å². The molecule has 138 valence electrons. The van der Waals surface area contributed by atoms with Gasteiger partial charge in [-0.3, -0.25) is 10.1 Å². The Morgan fingerprint density at radius 1 is 1.15 bits per heavy atom. The fourth-order valence-corrected chi connectivity index (χ4v) is 2.85. The Balaban J connectivity index is 1.57. The van der Waals surface area contributed by atoms with Crippen LogP contribution in [0.3, 0.4) is 0 Å². The minimum atomic E-state index is -0.683. The first kappa shape index (κ1) is 18.5. The third kappa shape index (κ3) is 4.85. The molecule has 3 rings (SSSR count). The number of hydrogen-bond acceptors (Lipinski definition) is 7. The second kappa shape index (κ2) is 8.37. The Labute approximate surface area is 157 Å². The van der Waals surface area contributed by atoms with Gasteiger partial charge in [-0.05, 0) is 30.3 Å². The fourth-order valence-electron chi connectivity index (χ4n) is 2.18. The molecule has 0 aliphatic heterocycles. The summed E-state index contributed by atoms with van der Waals surface area (Å²) in [5.74, 6) is -0.565. The molecule has 7 nitrogen and oxygen atoms in total. The Hall–Kier alpha value is -3.33. The molecule has 0 radical (unpaired) electrons. The van der Waals surface area contributed by atoms with Crippen molar-refractivity contribution in [2.75, 3.05) is 0 Å². The lowest BCUT2D eigenvalue weighted by Crippen LogP contribution is -2.07. The molecule has 0 spiro atoms. The van der Waals surface area contributed by atoms with Crippen molar-refractivity contribution >= 4 is 23.0 Å². The summed E-state index contributed by atoms with van der Waals surface area (Å²) in [6.45, 7) is -0.108. The number of thiazole rings is 1. The average molecular weight is 388 g/mol. The predicted molar refractivity (Wildman–Crippen MR) is 95.1 cm³/mol. The number of benzene rings is 2. The van der Waals surface area contributed by atoms with Gasteiger partial charge in [-0.15, -0.1) is 11.3 Å². The maximum Gasteiger partial charge on any atom is 0.358 e. The number of aromatic nitrogens is 1. The van der Waals surface area contributed by atoms with Gasteiger partial charge in [-0.2, -0.15) is 0 Å². The molecule has 0 saturated heterocycles. The van der Waals surface area contributed by atoms with Gasteiger partial charge in [0.25, 0.3) is 5.69 Å². The van der Waals surface area contributed by atoms with Crippen LogP contribution in [0.4, 0.5) is 10.1 Å². The van der Waals surface area contributed by atoms with Crippen LogP contribution in [0.2, 0.25) is 0 Å². The minimum Gasteiger partial charge on any atom is -0.486 e. The monoisotopic (exact) mass is 388 g/mol. The van der Waals surface area contributed by atoms with Crippen LogP contribution in [-0.2, 0) is 18.0 Å². The van der Waals surface area contributed by atoms with E-state index >= 15 is 0 Å². The Morgan fingerprint density at radius 3 is 2.63 bits per heavy atom. The summed E-state index contributed by atoms with van der Waals surface area (Å²) in [7, 11) is 0. The largest absolute Gasteiger partial charge is 0.486 e. The van der Waals surface area contributed by atoms with Crippen molar-refractivity contribution in [1.29, 1.82) is 0 Å². The van der Waals surface area contributed by atoms with Crippen LogP contribution >= 0.6 is 11.3 Å². The van der Waals surface area contributed by atoms with Gasteiger partial charge in [0.1, 0.15) is 29.8 Å². The summed E-state index contributed by atoms with van der Waals surface area (Å²) in [6, 6.07) is 11.6. The highest BCUT2D eigenvalue weighted by Crippen LogP contribution is 2.20. The van der Waals surface area contributed by atoms with Gasteiger partial charge in [0, 0.05) is 11.4 Å². The van der Waals surface area contributed by atoms with Gasteiger partial charge in [0.05, 0.1) is 10.5 Å². The van der Waals surface area contributed by atoms with Gasteiger partial charge >= 0.3 is 5.97 Å². The fraction of sp³-hybridized carbons (Fsp3) is 0.111. The normalized spacial score (nSPS) is 10.4. The summed E-state index contributed by atoms with van der Waals surface area (Å²) < 4.78 is 23.4. The number of nitro groups is 1. The van der Waals surface area contributed by atoms with E-state index in [4.69, 9.17) is 9.47 Å². The molecule has 27 heavy (non-hydrogen) atoms. The highest BCUT2D eigenvalue weighted by atomic mass is 32.1. The van der Waals surface area contributed by atoms with Crippen LogP contribution in [0.1, 0.15) is 21.1 Å². The molecule has 3 aromatic rings. The Bertz CT molecular complexity index is 958. The zero-order valence-electron chi connectivity index (χ0n) is 13.8. The SMILES string of the molecule is O=C(OCc1ccccc1[N+](=O)[O-])c1csc(COc2ccc(F)cc2)n1. The second-order valence-electron chi connectivity index (χ2n) is 5.33. The number of carbonyl (C=O) groups is 1. The van der Waals surface area contributed by atoms with E-state index in [1.54, 1.807) is 6.07 Å². The molecule has 0 aliphatic rings. The molecule has 0 fully saturated rings. The average Bonchev–Trinajstić information content (AvgIpc) is 3.15. The molecule has 0 saturated carbocycles. The number of nitrogens with zero attached hydrogens (tertiary/aromatic N) is 2. The number of hydrogen-bond donors (Lipinski definition) is 0. The van der Waals surface area contributed by atoms with Gasteiger partial charge in [-0.1, -0.05) is 12.1 Å². The van der Waals surface area contributed by atoms with E-state index in [9.17, 15) is 19.3 Å². The van der Waals surface area contributed by atoms with Crippen LogP contribution in [0.25, 0.3) is 0 Å². The first-order valence-electron chi connectivity index (χ1n) is 7.75. The second-order valence-corrected chi connectivity index (χ2v) is 6.27. The molecule has 2 aromatic carbocycles. The lowest BCUT2D eigenvalue weighted by atomic mass is 10.2. The van der Waals surface area contributed by atoms with Crippen LogP contribution < -0.4 is 4.74 Å². The van der Waals surface area contributed by atoms with Crippen molar-refractivity contribution in [3.63, 3.8) is 0 Å². The molecular weight excluding hydrogens is 375 g/mol. The van der Waals surface area contributed by atoms with Crippen molar-refractivity contribution in [2.45, 2.75) is 13.2 Å². The zero-order valence-corrected chi connectivity index (χ0v) is 14.6. The summed E-state index contributed by atoms with van der Waals surface area (Å²) in [6.07, 6.45) is 0. The molecule has 1 aromatic heterocycles. The zero-order chi connectivity index (χ0) is 19.2. The van der Waals surface area contributed by atoms with E-state index in [0.717, 1.165) is 0 Å². The van der Waals surface area contributed by atoms with Crippen molar-refractivity contribution in [2.24, 2.45) is 0 Å². The maximum atomic E-state index is 12.9. The number of rotatable bonds is 7. The van der Waals surface area contributed by atoms with E-state index in [-0.39, 0.29) is 30.4 Å². The molecular formula is C18H13FN2O5S. The predicted octanol–water partition coefficient (Wildman–Crippen LogP) is 4.13. The van der Waals surface area contributed by atoms with Crippen LogP contribution in [-0.4, -0.2) is 15.9 Å². The first-order valence-corrected chi connectivity index (χ1v) is 8.63. The van der Waals surface area contributed by atoms with Crippen LogP contribution in [0, 0.1) is 15.9 Å². The van der Waals surface area contributed by atoms with Gasteiger partial charge < -0.3 is 9.47 Å². The van der Waals surface area contributed by atoms with E-state index in [1.165, 1.54) is 59.2 Å². The molecule has 0 unspecified atom stereocenters. The smallest absolute Gasteiger partial charge is 0.358 e. The molecule has 9 heteroatoms. The lowest BCUT2D eigenvalue weighted by molar-refractivity contribution is -0.385. The first-order chi connectivity index (χ1) is 13.0. The number of nitro benzene ring substituents is 1. The maximum absolute atomic E-state index is 12.9. The number of esters is 1. The Morgan fingerprint density at radius 2 is 1.89 bits per heavy atom. The highest BCUT2D eigenvalue weighted by Gasteiger charge is 2.17. The summed E-state index contributed by atoms with van der Waals surface area (Å²) >= 11 is 1.21. The van der Waals surface area contributed by atoms with Crippen LogP contribution in [0.15, 0.2) is 53.9 Å². The van der Waals surface area contributed by atoms with E-state index < -0.39 is 10.9 Å². The minimum absolute atomic E-state index is 0.0938. The summed E-state index contributed by atoms with van der Waals surface area (Å²) in [5.41, 5.74) is 0.277. The van der Waals surface area contributed by atoms with Crippen molar-refractivity contribution in [3.8, 4) is 5.75 Å². The van der Waals surface area contributed by atoms with Gasteiger partial charge in [0.2, 0.25) is 0 Å². The van der Waals surface area contributed by atoms with Crippen molar-refractivity contribution < 1.29 is 23.6 Å². The number of carbonyl (C=O) groups excluding carboxylic acids is 1. The number of ether oxygens (including phenoxy) is 2. The number of para-hydroxylation sites is 1. The van der Waals surface area contributed by atoms with E-state index in [1.807, 2.05) is 0 Å². The molecule has 0 bridgehead atoms. The lowest BCUT2D eigenvalue weighted by Gasteiger charge is -2.04. The quantitative estimate of drug-likeness (QED) is 0.343. The van der Waals surface area contributed by atoms with Crippen molar-refractivity contribution in [3.05, 3.63) is 86.1 Å². The van der Waals surface area contributed by atoms with Gasteiger partial charge in [-0.25, -0.2) is 14.2 Å². The van der Waals surface area contributed by atoms with Crippen molar-refractivity contribution in [1.82, 2.24) is 4.98 Å². The molecule has 0 aliphatic carbocycles. The third-order valence-corrected chi connectivity index (χ3v) is 4.31. The third-order valence-electron chi connectivity index (χ3n) is 3.48. The van der Waals surface area contributed by atoms with Crippen LogP contribution in [0.5, 0.6) is 5.75 Å². The van der Waals surface area contributed by atoms with E-state index in [0.29, 0.717) is 16.3 Å².